The number of hydrogen-bond donors (Lipinski definition) is 0. The Bertz CT molecular complexity index is 914. The molecule has 4 rings (SSSR count). The lowest BCUT2D eigenvalue weighted by molar-refractivity contribution is -0.126. The van der Waals surface area contributed by atoms with Gasteiger partial charge in [0.25, 0.3) is 5.91 Å². The van der Waals surface area contributed by atoms with Crippen LogP contribution in [0, 0.1) is 18.8 Å². The van der Waals surface area contributed by atoms with Crippen molar-refractivity contribution in [1.29, 1.82) is 0 Å². The predicted octanol–water partition coefficient (Wildman–Crippen LogP) is 4.89. The number of imide groups is 1. The van der Waals surface area contributed by atoms with E-state index in [9.17, 15) is 9.59 Å². The molecule has 0 bridgehead atoms. The first kappa shape index (κ1) is 20.6. The Balaban J connectivity index is 1.73. The van der Waals surface area contributed by atoms with Crippen LogP contribution in [0.2, 0.25) is 0 Å². The Kier molecular flexibility index (Phi) is 5.91. The SMILES string of the molecule is CCCC[C@H](CC)[C@H]1[C@H]2C(=O)N(c3ccccc3C)C(=O)[C@H]2ON1c1ccccc1. The lowest BCUT2D eigenvalue weighted by atomic mass is 9.82. The van der Waals surface area contributed by atoms with Crippen molar-refractivity contribution in [2.24, 2.45) is 11.8 Å². The van der Waals surface area contributed by atoms with Gasteiger partial charge < -0.3 is 0 Å². The molecule has 2 aromatic rings. The van der Waals surface area contributed by atoms with Crippen LogP contribution < -0.4 is 9.96 Å². The van der Waals surface area contributed by atoms with E-state index in [4.69, 9.17) is 4.84 Å². The van der Waals surface area contributed by atoms with Crippen LogP contribution in [-0.4, -0.2) is 24.0 Å². The van der Waals surface area contributed by atoms with Crippen LogP contribution >= 0.6 is 0 Å². The van der Waals surface area contributed by atoms with Crippen LogP contribution in [0.5, 0.6) is 0 Å². The molecule has 158 valence electrons. The number of fused-ring (bicyclic) bond motifs is 1. The van der Waals surface area contributed by atoms with E-state index >= 15 is 0 Å². The Morgan fingerprint density at radius 3 is 2.33 bits per heavy atom. The van der Waals surface area contributed by atoms with Crippen molar-refractivity contribution in [2.45, 2.75) is 58.6 Å². The van der Waals surface area contributed by atoms with Crippen LogP contribution in [-0.2, 0) is 14.4 Å². The molecule has 2 saturated heterocycles. The first-order valence-corrected chi connectivity index (χ1v) is 11.0. The molecule has 0 aliphatic carbocycles. The topological polar surface area (TPSA) is 49.9 Å². The van der Waals surface area contributed by atoms with Gasteiger partial charge in [-0.1, -0.05) is 69.5 Å². The van der Waals surface area contributed by atoms with Crippen molar-refractivity contribution in [2.75, 3.05) is 9.96 Å². The van der Waals surface area contributed by atoms with Crippen LogP contribution in [0.4, 0.5) is 11.4 Å². The van der Waals surface area contributed by atoms with Gasteiger partial charge >= 0.3 is 0 Å². The summed E-state index contributed by atoms with van der Waals surface area (Å²) < 4.78 is 0. The first-order chi connectivity index (χ1) is 14.6. The zero-order valence-electron chi connectivity index (χ0n) is 18.0. The van der Waals surface area contributed by atoms with E-state index in [1.807, 2.05) is 66.6 Å². The molecule has 4 atom stereocenters. The summed E-state index contributed by atoms with van der Waals surface area (Å²) >= 11 is 0. The van der Waals surface area contributed by atoms with Crippen molar-refractivity contribution >= 4 is 23.2 Å². The van der Waals surface area contributed by atoms with Crippen molar-refractivity contribution in [3.8, 4) is 0 Å². The van der Waals surface area contributed by atoms with Gasteiger partial charge in [-0.2, -0.15) is 0 Å². The summed E-state index contributed by atoms with van der Waals surface area (Å²) in [6, 6.07) is 17.2. The van der Waals surface area contributed by atoms with Crippen molar-refractivity contribution in [1.82, 2.24) is 0 Å². The molecule has 0 saturated carbocycles. The molecular weight excluding hydrogens is 376 g/mol. The van der Waals surface area contributed by atoms with Gasteiger partial charge in [0, 0.05) is 0 Å². The van der Waals surface area contributed by atoms with Crippen LogP contribution in [0.3, 0.4) is 0 Å². The summed E-state index contributed by atoms with van der Waals surface area (Å²) in [5.41, 5.74) is 2.47. The minimum absolute atomic E-state index is 0.141. The molecule has 2 aromatic carbocycles. The van der Waals surface area contributed by atoms with E-state index in [0.29, 0.717) is 5.69 Å². The second kappa shape index (κ2) is 8.60. The second-order valence-corrected chi connectivity index (χ2v) is 8.31. The number of carbonyl (C=O) groups is 2. The predicted molar refractivity (Wildman–Crippen MR) is 118 cm³/mol. The zero-order valence-corrected chi connectivity index (χ0v) is 18.0. The molecule has 0 radical (unpaired) electrons. The fourth-order valence-corrected chi connectivity index (χ4v) is 4.87. The van der Waals surface area contributed by atoms with Gasteiger partial charge in [-0.25, -0.2) is 9.96 Å². The maximum Gasteiger partial charge on any atom is 0.266 e. The smallest absolute Gasteiger partial charge is 0.266 e. The number of benzene rings is 2. The number of carbonyl (C=O) groups excluding carboxylic acids is 2. The molecule has 0 unspecified atom stereocenters. The summed E-state index contributed by atoms with van der Waals surface area (Å²) in [5, 5.41) is 1.85. The number of rotatable bonds is 7. The third-order valence-electron chi connectivity index (χ3n) is 6.46. The lowest BCUT2D eigenvalue weighted by Crippen LogP contribution is -2.44. The molecule has 2 aliphatic rings. The number of para-hydroxylation sites is 2. The Morgan fingerprint density at radius 1 is 0.967 bits per heavy atom. The number of unbranched alkanes of at least 4 members (excludes halogenated alkanes) is 1. The Hall–Kier alpha value is -2.66. The highest BCUT2D eigenvalue weighted by atomic mass is 16.7. The van der Waals surface area contributed by atoms with Gasteiger partial charge in [0.15, 0.2) is 6.10 Å². The number of hydrogen-bond acceptors (Lipinski definition) is 4. The van der Waals surface area contributed by atoms with Crippen molar-refractivity contribution in [3.05, 3.63) is 60.2 Å². The van der Waals surface area contributed by atoms with E-state index in [0.717, 1.165) is 36.9 Å². The summed E-state index contributed by atoms with van der Waals surface area (Å²) in [7, 11) is 0. The minimum Gasteiger partial charge on any atom is -0.273 e. The Morgan fingerprint density at radius 2 is 1.67 bits per heavy atom. The molecule has 0 aromatic heterocycles. The third-order valence-corrected chi connectivity index (χ3v) is 6.46. The Labute approximate surface area is 178 Å². The quantitative estimate of drug-likeness (QED) is 0.614. The van der Waals surface area contributed by atoms with Crippen LogP contribution in [0.25, 0.3) is 0 Å². The average molecular weight is 407 g/mol. The maximum absolute atomic E-state index is 13.6. The normalized spacial score (nSPS) is 24.4. The number of amides is 2. The van der Waals surface area contributed by atoms with E-state index < -0.39 is 12.0 Å². The summed E-state index contributed by atoms with van der Waals surface area (Å²) in [4.78, 5) is 34.6. The fourth-order valence-electron chi connectivity index (χ4n) is 4.87. The summed E-state index contributed by atoms with van der Waals surface area (Å²) in [6.45, 7) is 6.27. The molecule has 30 heavy (non-hydrogen) atoms. The van der Waals surface area contributed by atoms with Crippen LogP contribution in [0.15, 0.2) is 54.6 Å². The van der Waals surface area contributed by atoms with Gasteiger partial charge in [-0.05, 0) is 43.0 Å². The first-order valence-electron chi connectivity index (χ1n) is 11.0. The molecular formula is C25H30N2O3. The fraction of sp³-hybridized carbons (Fsp3) is 0.440. The molecule has 0 spiro atoms. The van der Waals surface area contributed by atoms with E-state index in [-0.39, 0.29) is 23.8 Å². The summed E-state index contributed by atoms with van der Waals surface area (Å²) in [6.07, 6.45) is 3.38. The van der Waals surface area contributed by atoms with Gasteiger partial charge in [0.2, 0.25) is 5.91 Å². The van der Waals surface area contributed by atoms with E-state index in [1.54, 1.807) is 0 Å². The molecule has 2 heterocycles. The summed E-state index contributed by atoms with van der Waals surface area (Å²) in [5.74, 6) is -0.612. The van der Waals surface area contributed by atoms with Crippen LogP contribution in [0.1, 0.15) is 45.1 Å². The molecule has 2 amide bonds. The average Bonchev–Trinajstić information content (AvgIpc) is 3.27. The second-order valence-electron chi connectivity index (χ2n) is 8.31. The van der Waals surface area contributed by atoms with Gasteiger partial charge in [0.05, 0.1) is 23.3 Å². The van der Waals surface area contributed by atoms with Gasteiger partial charge in [0.1, 0.15) is 0 Å². The van der Waals surface area contributed by atoms with Crippen molar-refractivity contribution < 1.29 is 14.4 Å². The number of anilines is 2. The van der Waals surface area contributed by atoms with Gasteiger partial charge in [-0.15, -0.1) is 0 Å². The van der Waals surface area contributed by atoms with E-state index in [1.165, 1.54) is 4.90 Å². The number of aryl methyl sites for hydroxylation is 1. The zero-order chi connectivity index (χ0) is 21.3. The third kappa shape index (κ3) is 3.41. The largest absolute Gasteiger partial charge is 0.273 e. The maximum atomic E-state index is 13.6. The molecule has 2 fully saturated rings. The highest BCUT2D eigenvalue weighted by Gasteiger charge is 2.61. The molecule has 5 nitrogen and oxygen atoms in total. The van der Waals surface area contributed by atoms with Crippen molar-refractivity contribution in [3.63, 3.8) is 0 Å². The highest BCUT2D eigenvalue weighted by Crippen LogP contribution is 2.44. The van der Waals surface area contributed by atoms with E-state index in [2.05, 4.69) is 13.8 Å². The molecule has 0 N–H and O–H groups in total. The monoisotopic (exact) mass is 406 g/mol. The number of nitrogens with zero attached hydrogens (tertiary/aromatic N) is 2. The molecule has 2 aliphatic heterocycles. The standard InChI is InChI=1S/C25H30N2O3/c1-4-6-13-18(5-2)22-21-23(30-27(22)19-14-8-7-9-15-19)25(29)26(24(21)28)20-16-11-10-12-17(20)3/h7-12,14-16,18,21-23H,4-6,13H2,1-3H3/t18-,21+,22-,23-/m0/s1. The van der Waals surface area contributed by atoms with Gasteiger partial charge in [-0.3, -0.25) is 14.4 Å². The molecule has 5 heteroatoms. The minimum atomic E-state index is -0.766. The highest BCUT2D eigenvalue weighted by molar-refractivity contribution is 6.24. The number of hydroxylamine groups is 1. The lowest BCUT2D eigenvalue weighted by Gasteiger charge is -2.34.